The van der Waals surface area contributed by atoms with Crippen molar-refractivity contribution >= 4 is 11.8 Å². The van der Waals surface area contributed by atoms with Gasteiger partial charge in [-0.1, -0.05) is 12.1 Å². The molecule has 0 bridgehead atoms. The lowest BCUT2D eigenvalue weighted by Crippen LogP contribution is -2.55. The number of hydrogen-bond donors (Lipinski definition) is 1. The fourth-order valence-electron chi connectivity index (χ4n) is 3.72. The van der Waals surface area contributed by atoms with Gasteiger partial charge in [-0.05, 0) is 37.1 Å². The van der Waals surface area contributed by atoms with E-state index in [1.165, 1.54) is 6.33 Å². The quantitative estimate of drug-likeness (QED) is 0.726. The lowest BCUT2D eigenvalue weighted by Gasteiger charge is -2.40. The van der Waals surface area contributed by atoms with Crippen LogP contribution in [0.3, 0.4) is 0 Å². The zero-order valence-corrected chi connectivity index (χ0v) is 15.7. The number of aromatic nitrogens is 4. The number of nitrogens with two attached hydrogens (primary N) is 1. The van der Waals surface area contributed by atoms with Crippen molar-refractivity contribution in [3.63, 3.8) is 0 Å². The van der Waals surface area contributed by atoms with Crippen molar-refractivity contribution in [2.75, 3.05) is 13.1 Å². The second kappa shape index (κ2) is 7.75. The number of pyridine rings is 2. The van der Waals surface area contributed by atoms with Gasteiger partial charge in [-0.25, -0.2) is 15.0 Å². The Bertz CT molecular complexity index is 1030. The van der Waals surface area contributed by atoms with E-state index in [0.717, 1.165) is 5.56 Å². The van der Waals surface area contributed by atoms with Crippen LogP contribution in [0.15, 0.2) is 61.3 Å². The molecule has 0 saturated carbocycles. The molecule has 4 rings (SSSR count). The Kier molecular flexibility index (Phi) is 4.99. The van der Waals surface area contributed by atoms with Crippen LogP contribution in [0.5, 0.6) is 0 Å². The Morgan fingerprint density at radius 2 is 1.90 bits per heavy atom. The fraction of sp³-hybridized carbons (Fsp3) is 0.238. The standard InChI is InChI=1S/C21H20N6O2/c22-20(29)21(18-7-1-2-9-25-18)8-4-10-27(13-21)19(28)17-6-3-5-16(26-17)15-11-23-14-24-12-15/h1-3,5-7,9,11-12,14H,4,8,10,13H2,(H2,22,29)/t21-/m0/s1. The maximum atomic E-state index is 13.2. The predicted molar refractivity (Wildman–Crippen MR) is 106 cm³/mol. The minimum absolute atomic E-state index is 0.179. The average Bonchev–Trinajstić information content (AvgIpc) is 2.79. The third-order valence-corrected chi connectivity index (χ3v) is 5.23. The molecule has 2 amide bonds. The molecule has 1 fully saturated rings. The van der Waals surface area contributed by atoms with Gasteiger partial charge in [0.2, 0.25) is 5.91 Å². The van der Waals surface area contributed by atoms with Gasteiger partial charge in [-0.15, -0.1) is 0 Å². The monoisotopic (exact) mass is 388 g/mol. The van der Waals surface area contributed by atoms with E-state index in [4.69, 9.17) is 5.73 Å². The number of carbonyl (C=O) groups excluding carboxylic acids is 2. The van der Waals surface area contributed by atoms with Crippen LogP contribution < -0.4 is 5.73 Å². The third-order valence-electron chi connectivity index (χ3n) is 5.23. The Morgan fingerprint density at radius 1 is 1.07 bits per heavy atom. The van der Waals surface area contributed by atoms with Gasteiger partial charge in [0, 0.05) is 37.2 Å². The van der Waals surface area contributed by atoms with E-state index < -0.39 is 11.3 Å². The van der Waals surface area contributed by atoms with Gasteiger partial charge >= 0.3 is 0 Å². The highest BCUT2D eigenvalue weighted by Crippen LogP contribution is 2.33. The molecule has 1 aliphatic rings. The summed E-state index contributed by atoms with van der Waals surface area (Å²) < 4.78 is 0. The summed E-state index contributed by atoms with van der Waals surface area (Å²) in [5.74, 6) is -0.721. The number of likely N-dealkylation sites (tertiary alicyclic amines) is 1. The van der Waals surface area contributed by atoms with Gasteiger partial charge in [0.1, 0.15) is 17.4 Å². The highest BCUT2D eigenvalue weighted by molar-refractivity contribution is 5.94. The first-order valence-electron chi connectivity index (χ1n) is 9.33. The van der Waals surface area contributed by atoms with Crippen molar-refractivity contribution in [2.45, 2.75) is 18.3 Å². The number of amides is 2. The molecule has 3 aromatic rings. The van der Waals surface area contributed by atoms with Crippen molar-refractivity contribution in [3.8, 4) is 11.3 Å². The predicted octanol–water partition coefficient (Wildman–Crippen LogP) is 1.59. The van der Waals surface area contributed by atoms with Gasteiger partial charge in [-0.3, -0.25) is 14.6 Å². The van der Waals surface area contributed by atoms with Gasteiger partial charge < -0.3 is 10.6 Å². The van der Waals surface area contributed by atoms with E-state index in [2.05, 4.69) is 19.9 Å². The van der Waals surface area contributed by atoms with E-state index in [1.807, 2.05) is 6.07 Å². The fourth-order valence-corrected chi connectivity index (χ4v) is 3.72. The second-order valence-electron chi connectivity index (χ2n) is 7.03. The largest absolute Gasteiger partial charge is 0.369 e. The molecule has 0 spiro atoms. The Labute approximate surface area is 167 Å². The highest BCUT2D eigenvalue weighted by Gasteiger charge is 2.45. The average molecular weight is 388 g/mol. The zero-order valence-electron chi connectivity index (χ0n) is 15.7. The molecule has 0 aliphatic carbocycles. The summed E-state index contributed by atoms with van der Waals surface area (Å²) in [7, 11) is 0. The number of nitrogens with zero attached hydrogens (tertiary/aromatic N) is 5. The molecular weight excluding hydrogens is 368 g/mol. The topological polar surface area (TPSA) is 115 Å². The molecule has 1 saturated heterocycles. The first-order valence-corrected chi connectivity index (χ1v) is 9.33. The van der Waals surface area contributed by atoms with Crippen molar-refractivity contribution < 1.29 is 9.59 Å². The summed E-state index contributed by atoms with van der Waals surface area (Å²) in [5, 5.41) is 0. The van der Waals surface area contributed by atoms with E-state index in [-0.39, 0.29) is 12.5 Å². The number of hydrogen-bond acceptors (Lipinski definition) is 6. The van der Waals surface area contributed by atoms with Crippen LogP contribution in [-0.4, -0.2) is 49.7 Å². The summed E-state index contributed by atoms with van der Waals surface area (Å²) >= 11 is 0. The van der Waals surface area contributed by atoms with Crippen LogP contribution in [0.4, 0.5) is 0 Å². The molecular formula is C21H20N6O2. The van der Waals surface area contributed by atoms with Crippen LogP contribution in [0.2, 0.25) is 0 Å². The maximum absolute atomic E-state index is 13.2. The summed E-state index contributed by atoms with van der Waals surface area (Å²) in [6.45, 7) is 0.708. The second-order valence-corrected chi connectivity index (χ2v) is 7.03. The van der Waals surface area contributed by atoms with Crippen LogP contribution in [0.1, 0.15) is 29.0 Å². The SMILES string of the molecule is NC(=O)[C@@]1(c2ccccn2)CCCN(C(=O)c2cccc(-c3cncnc3)n2)C1. The van der Waals surface area contributed by atoms with Crippen molar-refractivity contribution in [1.29, 1.82) is 0 Å². The van der Waals surface area contributed by atoms with Crippen LogP contribution in [-0.2, 0) is 10.2 Å². The highest BCUT2D eigenvalue weighted by atomic mass is 16.2. The van der Waals surface area contributed by atoms with Crippen molar-refractivity contribution in [2.24, 2.45) is 5.73 Å². The third kappa shape index (κ3) is 3.56. The molecule has 0 aromatic carbocycles. The van der Waals surface area contributed by atoms with E-state index >= 15 is 0 Å². The molecule has 29 heavy (non-hydrogen) atoms. The minimum Gasteiger partial charge on any atom is -0.369 e. The van der Waals surface area contributed by atoms with Gasteiger partial charge in [0.15, 0.2) is 0 Å². The number of rotatable bonds is 4. The number of primary amides is 1. The van der Waals surface area contributed by atoms with Gasteiger partial charge in [0.05, 0.1) is 11.4 Å². The number of carbonyl (C=O) groups is 2. The smallest absolute Gasteiger partial charge is 0.272 e. The maximum Gasteiger partial charge on any atom is 0.272 e. The Balaban J connectivity index is 1.63. The number of piperidine rings is 1. The zero-order chi connectivity index (χ0) is 20.3. The van der Waals surface area contributed by atoms with E-state index in [0.29, 0.717) is 36.5 Å². The first-order chi connectivity index (χ1) is 14.1. The van der Waals surface area contributed by atoms with E-state index in [9.17, 15) is 9.59 Å². The molecule has 4 heterocycles. The normalized spacial score (nSPS) is 19.0. The van der Waals surface area contributed by atoms with Crippen molar-refractivity contribution in [1.82, 2.24) is 24.8 Å². The molecule has 8 heteroatoms. The first kappa shape index (κ1) is 18.7. The van der Waals surface area contributed by atoms with Gasteiger partial charge in [-0.2, -0.15) is 0 Å². The molecule has 1 aliphatic heterocycles. The summed E-state index contributed by atoms with van der Waals surface area (Å²) in [6.07, 6.45) is 7.56. The molecule has 2 N–H and O–H groups in total. The Hall–Kier alpha value is -3.68. The summed E-state index contributed by atoms with van der Waals surface area (Å²) in [4.78, 5) is 44.1. The molecule has 0 unspecified atom stereocenters. The van der Waals surface area contributed by atoms with Gasteiger partial charge in [0.25, 0.3) is 5.91 Å². The summed E-state index contributed by atoms with van der Waals surface area (Å²) in [6, 6.07) is 10.6. The Morgan fingerprint density at radius 3 is 2.62 bits per heavy atom. The molecule has 3 aromatic heterocycles. The van der Waals surface area contributed by atoms with Crippen LogP contribution in [0, 0.1) is 0 Å². The van der Waals surface area contributed by atoms with Crippen molar-refractivity contribution in [3.05, 3.63) is 72.7 Å². The minimum atomic E-state index is -1.000. The molecule has 1 atom stereocenters. The van der Waals surface area contributed by atoms with E-state index in [1.54, 1.807) is 53.8 Å². The lowest BCUT2D eigenvalue weighted by molar-refractivity contribution is -0.125. The molecule has 8 nitrogen and oxygen atoms in total. The molecule has 146 valence electrons. The summed E-state index contributed by atoms with van der Waals surface area (Å²) in [5.41, 5.74) is 7.01. The van der Waals surface area contributed by atoms with Crippen LogP contribution >= 0.6 is 0 Å². The lowest BCUT2D eigenvalue weighted by atomic mass is 9.76. The molecule has 0 radical (unpaired) electrons. The van der Waals surface area contributed by atoms with Crippen LogP contribution in [0.25, 0.3) is 11.3 Å².